The van der Waals surface area contributed by atoms with Crippen LogP contribution in [0.5, 0.6) is 5.75 Å². The minimum absolute atomic E-state index is 0.0441. The minimum atomic E-state index is -4.74. The molecule has 0 radical (unpaired) electrons. The normalized spacial score (nSPS) is 26.4. The molecule has 0 bridgehead atoms. The standard InChI is InChI=1S/C15H12F3N3O2/c1-23-12-4-9(6-20-11(12)5-19)21-7-8-2-3-10(8)13(21)14(22)15(16,17)18/h4,6,8,10,13-14,22H,7H2,1H3/t8-,10-,13+,14+/m0/s1. The summed E-state index contributed by atoms with van der Waals surface area (Å²) in [6, 6.07) is 2.10. The molecular formula is C15H12F3N3O2. The third-order valence-corrected chi connectivity index (χ3v) is 4.14. The highest BCUT2D eigenvalue weighted by molar-refractivity contribution is 5.57. The molecule has 2 aliphatic rings. The molecule has 0 unspecified atom stereocenters. The molecule has 3 rings (SSSR count). The van der Waals surface area contributed by atoms with E-state index in [1.807, 2.05) is 6.07 Å². The lowest BCUT2D eigenvalue weighted by atomic mass is 9.82. The molecule has 1 fully saturated rings. The number of fused-ring (bicyclic) bond motifs is 1. The van der Waals surface area contributed by atoms with Crippen LogP contribution >= 0.6 is 0 Å². The Morgan fingerprint density at radius 1 is 1.52 bits per heavy atom. The van der Waals surface area contributed by atoms with Crippen molar-refractivity contribution in [3.05, 3.63) is 18.0 Å². The average molecular weight is 323 g/mol. The summed E-state index contributed by atoms with van der Waals surface area (Å²) < 4.78 is 44.0. The molecule has 23 heavy (non-hydrogen) atoms. The summed E-state index contributed by atoms with van der Waals surface area (Å²) in [5, 5.41) is 18.7. The number of rotatable bonds is 3. The number of nitriles is 1. The van der Waals surface area contributed by atoms with Gasteiger partial charge in [0.1, 0.15) is 6.07 Å². The number of methoxy groups -OCH3 is 1. The van der Waals surface area contributed by atoms with Crippen LogP contribution in [-0.4, -0.2) is 42.1 Å². The maximum absolute atomic E-state index is 13.0. The Morgan fingerprint density at radius 3 is 2.78 bits per heavy atom. The average Bonchev–Trinajstić information content (AvgIpc) is 2.75. The predicted molar refractivity (Wildman–Crippen MR) is 73.5 cm³/mol. The number of halogens is 3. The fourth-order valence-electron chi connectivity index (χ4n) is 2.98. The van der Waals surface area contributed by atoms with Crippen molar-refractivity contribution in [2.75, 3.05) is 18.6 Å². The highest BCUT2D eigenvalue weighted by Crippen LogP contribution is 2.42. The number of hydrogen-bond donors (Lipinski definition) is 1. The van der Waals surface area contributed by atoms with Crippen molar-refractivity contribution in [3.63, 3.8) is 0 Å². The van der Waals surface area contributed by atoms with Gasteiger partial charge in [0.25, 0.3) is 0 Å². The molecule has 1 aliphatic heterocycles. The van der Waals surface area contributed by atoms with Gasteiger partial charge in [-0.25, -0.2) is 4.98 Å². The molecule has 1 saturated heterocycles. The minimum Gasteiger partial charge on any atom is -0.494 e. The Hall–Kier alpha value is -2.45. The Kier molecular flexibility index (Phi) is 3.57. The fourth-order valence-corrected chi connectivity index (χ4v) is 2.98. The van der Waals surface area contributed by atoms with Crippen molar-refractivity contribution in [2.45, 2.75) is 18.3 Å². The number of aromatic nitrogens is 1. The Morgan fingerprint density at radius 2 is 2.26 bits per heavy atom. The van der Waals surface area contributed by atoms with E-state index in [1.165, 1.54) is 24.3 Å². The molecule has 1 aromatic heterocycles. The summed E-state index contributed by atoms with van der Waals surface area (Å²) in [7, 11) is 1.35. The summed E-state index contributed by atoms with van der Waals surface area (Å²) in [6.07, 6.45) is -5.94. The number of ether oxygens (including phenoxy) is 1. The highest BCUT2D eigenvalue weighted by atomic mass is 19.4. The Labute approximate surface area is 130 Å². The lowest BCUT2D eigenvalue weighted by Crippen LogP contribution is -2.50. The molecule has 0 saturated carbocycles. The van der Waals surface area contributed by atoms with E-state index in [4.69, 9.17) is 10.00 Å². The molecule has 5 nitrogen and oxygen atoms in total. The Bertz CT molecular complexity index is 732. The highest BCUT2D eigenvalue weighted by Gasteiger charge is 2.55. The number of aliphatic hydroxyl groups is 1. The first kappa shape index (κ1) is 15.4. The summed E-state index contributed by atoms with van der Waals surface area (Å²) in [5.41, 5.74) is 0.398. The smallest absolute Gasteiger partial charge is 0.416 e. The van der Waals surface area contributed by atoms with Crippen molar-refractivity contribution >= 4 is 5.69 Å². The van der Waals surface area contributed by atoms with Gasteiger partial charge >= 0.3 is 6.18 Å². The van der Waals surface area contributed by atoms with Gasteiger partial charge in [-0.05, 0) is 0 Å². The number of pyridine rings is 1. The topological polar surface area (TPSA) is 69.4 Å². The first-order valence-corrected chi connectivity index (χ1v) is 6.83. The SMILES string of the molecule is COc1cc(N2C[C@@H]3C#C[C@@H]3[C@@H]2[C@@H](O)C(F)(F)F)cnc1C#N. The van der Waals surface area contributed by atoms with Gasteiger partial charge < -0.3 is 14.7 Å². The van der Waals surface area contributed by atoms with E-state index in [9.17, 15) is 18.3 Å². The van der Waals surface area contributed by atoms with Gasteiger partial charge in [-0.3, -0.25) is 0 Å². The van der Waals surface area contributed by atoms with Crippen LogP contribution in [0, 0.1) is 35.0 Å². The molecular weight excluding hydrogens is 311 g/mol. The number of aliphatic hydroxyl groups excluding tert-OH is 1. The zero-order chi connectivity index (χ0) is 16.8. The van der Waals surface area contributed by atoms with Crippen LogP contribution in [0.1, 0.15) is 5.69 Å². The van der Waals surface area contributed by atoms with E-state index >= 15 is 0 Å². The van der Waals surface area contributed by atoms with Crippen LogP contribution in [0.2, 0.25) is 0 Å². The predicted octanol–water partition coefficient (Wildman–Crippen LogP) is 1.32. The fraction of sp³-hybridized carbons (Fsp3) is 0.467. The van der Waals surface area contributed by atoms with Crippen molar-refractivity contribution in [2.24, 2.45) is 11.8 Å². The number of alkyl halides is 3. The summed E-state index contributed by atoms with van der Waals surface area (Å²) in [5.74, 6) is 4.95. The molecule has 1 aliphatic carbocycles. The second-order valence-corrected chi connectivity index (χ2v) is 5.41. The van der Waals surface area contributed by atoms with Gasteiger partial charge in [-0.2, -0.15) is 18.4 Å². The van der Waals surface area contributed by atoms with Crippen LogP contribution in [0.15, 0.2) is 12.3 Å². The van der Waals surface area contributed by atoms with Gasteiger partial charge in [0.05, 0.1) is 36.9 Å². The van der Waals surface area contributed by atoms with E-state index in [-0.39, 0.29) is 23.9 Å². The van der Waals surface area contributed by atoms with Crippen molar-refractivity contribution in [1.82, 2.24) is 4.98 Å². The third-order valence-electron chi connectivity index (χ3n) is 4.14. The molecule has 0 aromatic carbocycles. The lowest BCUT2D eigenvalue weighted by molar-refractivity contribution is -0.211. The van der Waals surface area contributed by atoms with Crippen molar-refractivity contribution in [1.29, 1.82) is 5.26 Å². The monoisotopic (exact) mass is 323 g/mol. The summed E-state index contributed by atoms with van der Waals surface area (Å²) in [6.45, 7) is 0.270. The third kappa shape index (κ3) is 2.45. The maximum Gasteiger partial charge on any atom is 0.416 e. The van der Waals surface area contributed by atoms with Gasteiger partial charge in [0.15, 0.2) is 17.5 Å². The van der Waals surface area contributed by atoms with Gasteiger partial charge in [-0.15, -0.1) is 0 Å². The molecule has 2 heterocycles. The van der Waals surface area contributed by atoms with Crippen molar-refractivity contribution in [3.8, 4) is 23.7 Å². The molecule has 1 N–H and O–H groups in total. The Balaban J connectivity index is 1.97. The second kappa shape index (κ2) is 5.32. The van der Waals surface area contributed by atoms with E-state index in [0.717, 1.165) is 0 Å². The zero-order valence-corrected chi connectivity index (χ0v) is 12.0. The van der Waals surface area contributed by atoms with E-state index < -0.39 is 24.2 Å². The first-order valence-electron chi connectivity index (χ1n) is 6.83. The molecule has 120 valence electrons. The molecule has 0 spiro atoms. The second-order valence-electron chi connectivity index (χ2n) is 5.41. The molecule has 0 amide bonds. The molecule has 4 atom stereocenters. The van der Waals surface area contributed by atoms with Crippen molar-refractivity contribution < 1.29 is 23.0 Å². The van der Waals surface area contributed by atoms with Gasteiger partial charge in [0.2, 0.25) is 0 Å². The number of nitrogens with zero attached hydrogens (tertiary/aromatic N) is 3. The van der Waals surface area contributed by atoms with E-state index in [1.54, 1.807) is 0 Å². The molecule has 1 aromatic rings. The van der Waals surface area contributed by atoms with Crippen LogP contribution < -0.4 is 9.64 Å². The first-order chi connectivity index (χ1) is 10.9. The largest absolute Gasteiger partial charge is 0.494 e. The van der Waals surface area contributed by atoms with E-state index in [0.29, 0.717) is 5.69 Å². The van der Waals surface area contributed by atoms with Gasteiger partial charge in [0, 0.05) is 12.6 Å². The lowest BCUT2D eigenvalue weighted by Gasteiger charge is -2.33. The van der Waals surface area contributed by atoms with E-state index in [2.05, 4.69) is 16.8 Å². The number of anilines is 1. The molecule has 8 heteroatoms. The summed E-state index contributed by atoms with van der Waals surface area (Å²) in [4.78, 5) is 5.34. The maximum atomic E-state index is 13.0. The van der Waals surface area contributed by atoms with Crippen LogP contribution in [0.25, 0.3) is 0 Å². The van der Waals surface area contributed by atoms with Crippen LogP contribution in [-0.2, 0) is 0 Å². The number of hydrogen-bond acceptors (Lipinski definition) is 5. The van der Waals surface area contributed by atoms with Gasteiger partial charge in [-0.1, -0.05) is 11.8 Å². The zero-order valence-electron chi connectivity index (χ0n) is 12.0. The van der Waals surface area contributed by atoms with Crippen LogP contribution in [0.3, 0.4) is 0 Å². The quantitative estimate of drug-likeness (QED) is 0.850. The summed E-state index contributed by atoms with van der Waals surface area (Å²) >= 11 is 0. The van der Waals surface area contributed by atoms with Crippen LogP contribution in [0.4, 0.5) is 18.9 Å².